The third-order valence-corrected chi connectivity index (χ3v) is 6.47. The molecule has 0 atom stereocenters. The lowest BCUT2D eigenvalue weighted by molar-refractivity contribution is -0.153. The van der Waals surface area contributed by atoms with Crippen molar-refractivity contribution in [1.82, 2.24) is 9.88 Å². The Hall–Kier alpha value is -2.46. The summed E-state index contributed by atoms with van der Waals surface area (Å²) in [7, 11) is 1.64. The maximum Gasteiger partial charge on any atom is 0.306 e. The molecule has 6 nitrogen and oxygen atoms in total. The minimum atomic E-state index is -0.755. The summed E-state index contributed by atoms with van der Waals surface area (Å²) in [6, 6.07) is 10.3. The molecule has 1 amide bonds. The molecular formula is C21H25N3O3S. The Bertz CT molecular complexity index is 847. The second-order valence-corrected chi connectivity index (χ2v) is 8.36. The average Bonchev–Trinajstić information content (AvgIpc) is 3.14. The number of nitriles is 1. The Kier molecular flexibility index (Phi) is 6.63. The first kappa shape index (κ1) is 20.3. The van der Waals surface area contributed by atoms with Crippen LogP contribution >= 0.6 is 11.3 Å². The van der Waals surface area contributed by atoms with E-state index in [1.807, 2.05) is 24.3 Å². The number of amides is 1. The van der Waals surface area contributed by atoms with Crippen LogP contribution in [-0.4, -0.2) is 41.0 Å². The molecule has 7 heteroatoms. The molecule has 1 aliphatic rings. The van der Waals surface area contributed by atoms with Gasteiger partial charge in [0.1, 0.15) is 5.54 Å². The minimum absolute atomic E-state index is 0.246. The summed E-state index contributed by atoms with van der Waals surface area (Å²) in [5, 5.41) is 10.6. The topological polar surface area (TPSA) is 83.3 Å². The standard InChI is InChI=1S/C21H25N3O3S/c1-24(21(15-22)12-5-2-6-13-21)19(25)14-27-20(26)11-7-10-18-23-16-8-3-4-9-17(16)28-18/h3-4,8-9H,2,5-7,10-14H2,1H3. The van der Waals surface area contributed by atoms with E-state index in [1.165, 1.54) is 4.90 Å². The number of hydrogen-bond acceptors (Lipinski definition) is 6. The van der Waals surface area contributed by atoms with E-state index in [1.54, 1.807) is 18.4 Å². The number of benzene rings is 1. The minimum Gasteiger partial charge on any atom is -0.456 e. The van der Waals surface area contributed by atoms with Crippen molar-refractivity contribution in [3.63, 3.8) is 0 Å². The average molecular weight is 400 g/mol. The largest absolute Gasteiger partial charge is 0.456 e. The molecule has 0 spiro atoms. The first-order chi connectivity index (χ1) is 13.5. The Morgan fingerprint density at radius 2 is 2.04 bits per heavy atom. The van der Waals surface area contributed by atoms with Crippen LogP contribution in [0.15, 0.2) is 24.3 Å². The molecule has 2 aromatic rings. The third-order valence-electron chi connectivity index (χ3n) is 5.37. The summed E-state index contributed by atoms with van der Waals surface area (Å²) in [5.74, 6) is -0.708. The summed E-state index contributed by atoms with van der Waals surface area (Å²) in [6.07, 6.45) is 5.92. The zero-order valence-electron chi connectivity index (χ0n) is 16.1. The number of nitrogens with zero attached hydrogens (tertiary/aromatic N) is 3. The van der Waals surface area contributed by atoms with Gasteiger partial charge in [-0.1, -0.05) is 31.4 Å². The summed E-state index contributed by atoms with van der Waals surface area (Å²) in [6.45, 7) is -0.306. The molecule has 0 bridgehead atoms. The molecule has 148 valence electrons. The van der Waals surface area contributed by atoms with E-state index in [9.17, 15) is 14.9 Å². The molecule has 1 saturated carbocycles. The van der Waals surface area contributed by atoms with Crippen LogP contribution in [0.2, 0.25) is 0 Å². The van der Waals surface area contributed by atoms with Crippen LogP contribution < -0.4 is 0 Å². The van der Waals surface area contributed by atoms with Crippen molar-refractivity contribution in [2.24, 2.45) is 0 Å². The van der Waals surface area contributed by atoms with E-state index in [4.69, 9.17) is 4.74 Å². The van der Waals surface area contributed by atoms with Crippen LogP contribution in [0.3, 0.4) is 0 Å². The van der Waals surface area contributed by atoms with Crippen LogP contribution in [0.1, 0.15) is 50.0 Å². The Morgan fingerprint density at radius 1 is 1.29 bits per heavy atom. The third kappa shape index (κ3) is 4.68. The highest BCUT2D eigenvalue weighted by Crippen LogP contribution is 2.32. The monoisotopic (exact) mass is 399 g/mol. The quantitative estimate of drug-likeness (QED) is 0.661. The van der Waals surface area contributed by atoms with Crippen LogP contribution in [0.5, 0.6) is 0 Å². The Morgan fingerprint density at radius 3 is 2.75 bits per heavy atom. The van der Waals surface area contributed by atoms with Crippen LogP contribution in [0.25, 0.3) is 10.2 Å². The van der Waals surface area contributed by atoms with E-state index in [2.05, 4.69) is 11.1 Å². The van der Waals surface area contributed by atoms with Gasteiger partial charge in [0.15, 0.2) is 6.61 Å². The SMILES string of the molecule is CN(C(=O)COC(=O)CCCc1nc2ccccc2s1)C1(C#N)CCCCC1. The molecule has 3 rings (SSSR count). The summed E-state index contributed by atoms with van der Waals surface area (Å²) in [5.41, 5.74) is 0.224. The number of carbonyl (C=O) groups excluding carboxylic acids is 2. The Labute approximate surface area is 169 Å². The van der Waals surface area contributed by atoms with Gasteiger partial charge in [0.05, 0.1) is 21.3 Å². The van der Waals surface area contributed by atoms with Crippen LogP contribution in [0.4, 0.5) is 0 Å². The maximum atomic E-state index is 12.4. The number of hydrogen-bond donors (Lipinski definition) is 0. The molecule has 1 aliphatic carbocycles. The second kappa shape index (κ2) is 9.16. The van der Waals surface area contributed by atoms with Crippen molar-refractivity contribution in [2.45, 2.75) is 56.9 Å². The number of para-hydroxylation sites is 1. The zero-order valence-corrected chi connectivity index (χ0v) is 17.0. The van der Waals surface area contributed by atoms with Gasteiger partial charge in [0.25, 0.3) is 5.91 Å². The molecule has 1 heterocycles. The van der Waals surface area contributed by atoms with E-state index in [-0.39, 0.29) is 18.9 Å². The predicted molar refractivity (Wildman–Crippen MR) is 108 cm³/mol. The Balaban J connectivity index is 1.42. The van der Waals surface area contributed by atoms with E-state index >= 15 is 0 Å². The number of thiazole rings is 1. The number of aryl methyl sites for hydroxylation is 1. The van der Waals surface area contributed by atoms with Gasteiger partial charge in [-0.15, -0.1) is 11.3 Å². The van der Waals surface area contributed by atoms with Crippen molar-refractivity contribution < 1.29 is 14.3 Å². The smallest absolute Gasteiger partial charge is 0.306 e. The second-order valence-electron chi connectivity index (χ2n) is 7.25. The molecule has 28 heavy (non-hydrogen) atoms. The number of ether oxygens (including phenoxy) is 1. The van der Waals surface area contributed by atoms with Crippen molar-refractivity contribution in [3.05, 3.63) is 29.3 Å². The van der Waals surface area contributed by atoms with Gasteiger partial charge >= 0.3 is 5.97 Å². The first-order valence-electron chi connectivity index (χ1n) is 9.72. The van der Waals surface area contributed by atoms with Crippen LogP contribution in [-0.2, 0) is 20.7 Å². The molecule has 1 aromatic carbocycles. The molecule has 0 N–H and O–H groups in total. The lowest BCUT2D eigenvalue weighted by atomic mass is 9.81. The fraction of sp³-hybridized carbons (Fsp3) is 0.524. The lowest BCUT2D eigenvalue weighted by Crippen LogP contribution is -2.51. The van der Waals surface area contributed by atoms with Gasteiger partial charge in [-0.25, -0.2) is 4.98 Å². The number of aromatic nitrogens is 1. The number of carbonyl (C=O) groups is 2. The van der Waals surface area contributed by atoms with Gasteiger partial charge in [0.2, 0.25) is 0 Å². The van der Waals surface area contributed by atoms with E-state index < -0.39 is 11.5 Å². The molecular weight excluding hydrogens is 374 g/mol. The summed E-state index contributed by atoms with van der Waals surface area (Å²) in [4.78, 5) is 30.4. The van der Waals surface area contributed by atoms with Gasteiger partial charge in [-0.3, -0.25) is 9.59 Å². The van der Waals surface area contributed by atoms with Gasteiger partial charge < -0.3 is 9.64 Å². The first-order valence-corrected chi connectivity index (χ1v) is 10.5. The number of fused-ring (bicyclic) bond motifs is 1. The van der Waals surface area contributed by atoms with Crippen LogP contribution in [0, 0.1) is 11.3 Å². The molecule has 1 fully saturated rings. The van der Waals surface area contributed by atoms with Crippen molar-refractivity contribution in [1.29, 1.82) is 5.26 Å². The van der Waals surface area contributed by atoms with Crippen molar-refractivity contribution >= 4 is 33.4 Å². The van der Waals surface area contributed by atoms with E-state index in [0.717, 1.165) is 34.5 Å². The van der Waals surface area contributed by atoms with E-state index in [0.29, 0.717) is 25.7 Å². The highest BCUT2D eigenvalue weighted by atomic mass is 32.1. The number of esters is 1. The van der Waals surface area contributed by atoms with Gasteiger partial charge in [0, 0.05) is 13.5 Å². The fourth-order valence-electron chi connectivity index (χ4n) is 3.62. The van der Waals surface area contributed by atoms with Crippen molar-refractivity contribution in [2.75, 3.05) is 13.7 Å². The van der Waals surface area contributed by atoms with Crippen molar-refractivity contribution in [3.8, 4) is 6.07 Å². The molecule has 0 unspecified atom stereocenters. The molecule has 0 saturated heterocycles. The fourth-order valence-corrected chi connectivity index (χ4v) is 4.63. The highest BCUT2D eigenvalue weighted by molar-refractivity contribution is 7.18. The van der Waals surface area contributed by atoms with Gasteiger partial charge in [-0.2, -0.15) is 5.26 Å². The predicted octanol–water partition coefficient (Wildman–Crippen LogP) is 3.85. The maximum absolute atomic E-state index is 12.4. The molecule has 1 aromatic heterocycles. The van der Waals surface area contributed by atoms with Gasteiger partial charge in [-0.05, 0) is 37.8 Å². The highest BCUT2D eigenvalue weighted by Gasteiger charge is 2.38. The number of rotatable bonds is 7. The normalized spacial score (nSPS) is 15.7. The zero-order chi connectivity index (χ0) is 20.0. The summed E-state index contributed by atoms with van der Waals surface area (Å²) < 4.78 is 6.29. The summed E-state index contributed by atoms with van der Waals surface area (Å²) >= 11 is 1.63. The molecule has 0 aliphatic heterocycles. The number of likely N-dealkylation sites (N-methyl/N-ethyl adjacent to an activating group) is 1. The molecule has 0 radical (unpaired) electrons. The lowest BCUT2D eigenvalue weighted by Gasteiger charge is -2.38.